The van der Waals surface area contributed by atoms with Gasteiger partial charge in [0.2, 0.25) is 5.95 Å². The predicted octanol–water partition coefficient (Wildman–Crippen LogP) is 4.16. The van der Waals surface area contributed by atoms with Crippen LogP contribution in [0.1, 0.15) is 10.4 Å². The minimum atomic E-state index is -0.348. The molecule has 0 aliphatic heterocycles. The highest BCUT2D eigenvalue weighted by Crippen LogP contribution is 2.28. The maximum absolute atomic E-state index is 12.4. The van der Waals surface area contributed by atoms with Gasteiger partial charge in [-0.25, -0.2) is 9.97 Å². The number of halogens is 1. The van der Waals surface area contributed by atoms with Gasteiger partial charge in [-0.1, -0.05) is 29.8 Å². The van der Waals surface area contributed by atoms with E-state index in [1.807, 2.05) is 42.3 Å². The van der Waals surface area contributed by atoms with E-state index >= 15 is 0 Å². The second-order valence-corrected chi connectivity index (χ2v) is 5.90. The Balaban J connectivity index is 1.76. The highest BCUT2D eigenvalue weighted by molar-refractivity contribution is 6.31. The van der Waals surface area contributed by atoms with E-state index in [2.05, 4.69) is 15.3 Å². The van der Waals surface area contributed by atoms with Gasteiger partial charge in [-0.15, -0.1) is 0 Å². The second kappa shape index (κ2) is 7.84. The van der Waals surface area contributed by atoms with Crippen LogP contribution in [0.25, 0.3) is 0 Å². The molecule has 7 heteroatoms. The Morgan fingerprint density at radius 2 is 1.81 bits per heavy atom. The highest BCUT2D eigenvalue weighted by Gasteiger charge is 2.13. The molecule has 1 aromatic heterocycles. The summed E-state index contributed by atoms with van der Waals surface area (Å²) in [6.45, 7) is 0. The van der Waals surface area contributed by atoms with Crippen molar-refractivity contribution in [2.75, 3.05) is 24.4 Å². The lowest BCUT2D eigenvalue weighted by molar-refractivity contribution is 0.102. The molecule has 26 heavy (non-hydrogen) atoms. The SMILES string of the molecule is COc1ccc(Cl)cc1NC(=O)c1cnc(N(C)c2ccccc2)nc1. The van der Waals surface area contributed by atoms with Crippen molar-refractivity contribution in [1.82, 2.24) is 9.97 Å². The highest BCUT2D eigenvalue weighted by atomic mass is 35.5. The Bertz CT molecular complexity index is 901. The number of para-hydroxylation sites is 1. The monoisotopic (exact) mass is 368 g/mol. The standard InChI is InChI=1S/C19H17ClN4O2/c1-24(15-6-4-3-5-7-15)19-21-11-13(12-22-19)18(25)23-16-10-14(20)8-9-17(16)26-2/h3-12H,1-2H3,(H,23,25). The molecule has 0 atom stereocenters. The van der Waals surface area contributed by atoms with Crippen LogP contribution < -0.4 is 15.0 Å². The van der Waals surface area contributed by atoms with Crippen molar-refractivity contribution in [3.63, 3.8) is 0 Å². The lowest BCUT2D eigenvalue weighted by atomic mass is 10.2. The second-order valence-electron chi connectivity index (χ2n) is 5.47. The van der Waals surface area contributed by atoms with Crippen molar-refractivity contribution in [2.45, 2.75) is 0 Å². The largest absolute Gasteiger partial charge is 0.495 e. The zero-order chi connectivity index (χ0) is 18.5. The lowest BCUT2D eigenvalue weighted by Crippen LogP contribution is -2.16. The molecule has 0 bridgehead atoms. The Hall–Kier alpha value is -3.12. The minimum absolute atomic E-state index is 0.331. The summed E-state index contributed by atoms with van der Waals surface area (Å²) in [5, 5.41) is 3.25. The van der Waals surface area contributed by atoms with Crippen LogP contribution in [0.15, 0.2) is 60.9 Å². The van der Waals surface area contributed by atoms with E-state index in [0.29, 0.717) is 28.0 Å². The molecule has 0 saturated heterocycles. The molecule has 0 fully saturated rings. The van der Waals surface area contributed by atoms with Crippen molar-refractivity contribution in [3.8, 4) is 5.75 Å². The Labute approximate surface area is 156 Å². The first-order chi connectivity index (χ1) is 12.6. The van der Waals surface area contributed by atoms with E-state index in [4.69, 9.17) is 16.3 Å². The predicted molar refractivity (Wildman–Crippen MR) is 102 cm³/mol. The van der Waals surface area contributed by atoms with E-state index in [0.717, 1.165) is 5.69 Å². The number of rotatable bonds is 5. The summed E-state index contributed by atoms with van der Waals surface area (Å²) in [7, 11) is 3.39. The first kappa shape index (κ1) is 17.7. The number of methoxy groups -OCH3 is 1. The first-order valence-corrected chi connectivity index (χ1v) is 8.22. The van der Waals surface area contributed by atoms with Crippen LogP contribution in [0, 0.1) is 0 Å². The maximum atomic E-state index is 12.4. The van der Waals surface area contributed by atoms with Crippen molar-refractivity contribution >= 4 is 34.8 Å². The first-order valence-electron chi connectivity index (χ1n) is 7.84. The zero-order valence-corrected chi connectivity index (χ0v) is 15.1. The van der Waals surface area contributed by atoms with Gasteiger partial charge in [0.15, 0.2) is 0 Å². The van der Waals surface area contributed by atoms with Gasteiger partial charge in [-0.3, -0.25) is 4.79 Å². The minimum Gasteiger partial charge on any atom is -0.495 e. The molecule has 1 N–H and O–H groups in total. The van der Waals surface area contributed by atoms with Crippen LogP contribution in [-0.4, -0.2) is 30.0 Å². The third kappa shape index (κ3) is 3.92. The quantitative estimate of drug-likeness (QED) is 0.732. The number of hydrogen-bond acceptors (Lipinski definition) is 5. The van der Waals surface area contributed by atoms with Gasteiger partial charge in [0.1, 0.15) is 5.75 Å². The lowest BCUT2D eigenvalue weighted by Gasteiger charge is -2.17. The molecule has 0 unspecified atom stereocenters. The average Bonchev–Trinajstić information content (AvgIpc) is 2.68. The van der Waals surface area contributed by atoms with Gasteiger partial charge in [-0.2, -0.15) is 0 Å². The van der Waals surface area contributed by atoms with Crippen molar-refractivity contribution in [2.24, 2.45) is 0 Å². The molecule has 6 nitrogen and oxygen atoms in total. The number of anilines is 3. The van der Waals surface area contributed by atoms with Crippen LogP contribution >= 0.6 is 11.6 Å². The van der Waals surface area contributed by atoms with E-state index in [1.165, 1.54) is 19.5 Å². The fraction of sp³-hybridized carbons (Fsp3) is 0.105. The summed E-state index contributed by atoms with van der Waals surface area (Å²) in [6.07, 6.45) is 2.96. The molecule has 3 rings (SSSR count). The summed E-state index contributed by atoms with van der Waals surface area (Å²) in [4.78, 5) is 22.8. The number of hydrogen-bond donors (Lipinski definition) is 1. The van der Waals surface area contributed by atoms with Crippen molar-refractivity contribution < 1.29 is 9.53 Å². The zero-order valence-electron chi connectivity index (χ0n) is 14.3. The van der Waals surface area contributed by atoms with Crippen LogP contribution in [0.5, 0.6) is 5.75 Å². The molecular formula is C19H17ClN4O2. The number of benzene rings is 2. The molecule has 0 saturated carbocycles. The van der Waals surface area contributed by atoms with Crippen LogP contribution in [0.4, 0.5) is 17.3 Å². The number of nitrogens with one attached hydrogen (secondary N) is 1. The van der Waals surface area contributed by atoms with Gasteiger partial charge in [0.05, 0.1) is 18.4 Å². The Morgan fingerprint density at radius 1 is 1.12 bits per heavy atom. The topological polar surface area (TPSA) is 67.3 Å². The molecular weight excluding hydrogens is 352 g/mol. The van der Waals surface area contributed by atoms with Crippen LogP contribution in [-0.2, 0) is 0 Å². The summed E-state index contributed by atoms with van der Waals surface area (Å²) in [5.74, 6) is 0.664. The number of carbonyl (C=O) groups is 1. The fourth-order valence-corrected chi connectivity index (χ4v) is 2.52. The van der Waals surface area contributed by atoms with E-state index in [1.54, 1.807) is 18.2 Å². The molecule has 2 aromatic carbocycles. The number of carbonyl (C=O) groups excluding carboxylic acids is 1. The average molecular weight is 369 g/mol. The number of aromatic nitrogens is 2. The van der Waals surface area contributed by atoms with E-state index < -0.39 is 0 Å². The Kier molecular flexibility index (Phi) is 5.34. The van der Waals surface area contributed by atoms with Crippen molar-refractivity contribution in [1.29, 1.82) is 0 Å². The molecule has 0 radical (unpaired) electrons. The van der Waals surface area contributed by atoms with Gasteiger partial charge >= 0.3 is 0 Å². The Morgan fingerprint density at radius 3 is 2.46 bits per heavy atom. The molecule has 3 aromatic rings. The van der Waals surface area contributed by atoms with Gasteiger partial charge in [0.25, 0.3) is 5.91 Å². The summed E-state index contributed by atoms with van der Waals surface area (Å²) in [5.41, 5.74) is 1.76. The number of amides is 1. The summed E-state index contributed by atoms with van der Waals surface area (Å²) < 4.78 is 5.23. The molecule has 1 heterocycles. The maximum Gasteiger partial charge on any atom is 0.258 e. The van der Waals surface area contributed by atoms with Crippen LogP contribution in [0.3, 0.4) is 0 Å². The van der Waals surface area contributed by atoms with Gasteiger partial charge in [0, 0.05) is 30.2 Å². The number of nitrogens with zero attached hydrogens (tertiary/aromatic N) is 3. The summed E-state index contributed by atoms with van der Waals surface area (Å²) in [6, 6.07) is 14.7. The third-order valence-electron chi connectivity index (χ3n) is 3.75. The summed E-state index contributed by atoms with van der Waals surface area (Å²) >= 11 is 5.98. The fourth-order valence-electron chi connectivity index (χ4n) is 2.35. The van der Waals surface area contributed by atoms with E-state index in [-0.39, 0.29) is 5.91 Å². The van der Waals surface area contributed by atoms with E-state index in [9.17, 15) is 4.79 Å². The van der Waals surface area contributed by atoms with Gasteiger partial charge in [-0.05, 0) is 30.3 Å². The molecule has 0 aliphatic rings. The smallest absolute Gasteiger partial charge is 0.258 e. The molecule has 132 valence electrons. The third-order valence-corrected chi connectivity index (χ3v) is 3.99. The van der Waals surface area contributed by atoms with Crippen molar-refractivity contribution in [3.05, 3.63) is 71.5 Å². The van der Waals surface area contributed by atoms with Gasteiger partial charge < -0.3 is 15.0 Å². The molecule has 0 aliphatic carbocycles. The van der Waals surface area contributed by atoms with Crippen LogP contribution in [0.2, 0.25) is 5.02 Å². The molecule has 1 amide bonds. The normalized spacial score (nSPS) is 10.3. The molecule has 0 spiro atoms. The number of ether oxygens (including phenoxy) is 1.